The Bertz CT molecular complexity index is 4350. The van der Waals surface area contributed by atoms with Crippen molar-refractivity contribution in [3.8, 4) is 78.9 Å². The number of rotatable bonds is 2. The first-order valence-corrected chi connectivity index (χ1v) is 22.8. The van der Waals surface area contributed by atoms with Gasteiger partial charge in [-0.15, -0.1) is 0 Å². The summed E-state index contributed by atoms with van der Waals surface area (Å²) in [5.41, 5.74) is 20.2. The number of aryl methyl sites for hydroxylation is 4. The Balaban J connectivity index is 1.14. The molecule has 2 nitrogen and oxygen atoms in total. The molecule has 0 unspecified atom stereocenters. The molecule has 0 spiro atoms. The van der Waals surface area contributed by atoms with Crippen LogP contribution in [0.4, 0.5) is 0 Å². The first-order valence-electron chi connectivity index (χ1n) is 22.8. The van der Waals surface area contributed by atoms with E-state index in [2.05, 4.69) is 198 Å². The van der Waals surface area contributed by atoms with E-state index < -0.39 is 0 Å². The van der Waals surface area contributed by atoms with Gasteiger partial charge in [0.15, 0.2) is 0 Å². The van der Waals surface area contributed by atoms with Crippen molar-refractivity contribution in [3.05, 3.63) is 191 Å². The van der Waals surface area contributed by atoms with Gasteiger partial charge in [0.2, 0.25) is 0 Å². The number of nitriles is 2. The standard InChI is InChI=1S/C64H38N2/c1-33-23-39(24-34(2)57(33)31-65)59-48-21-19-43-44(52(48)30-55-53-27-37-11-5-7-13-41(37)46-16-10-18-50(62(46)53)63(55)59)20-22-49-51(43)29-54-47-17-9-15-45-42-14-8-6-12-38(42)28-56(61(45)47)64(54)60(49)40-25-35(3)58(32-66)36(4)26-40/h5-30H,1-4H3. The zero-order chi connectivity index (χ0) is 44.3. The summed E-state index contributed by atoms with van der Waals surface area (Å²) < 4.78 is 0. The summed E-state index contributed by atoms with van der Waals surface area (Å²) in [6.07, 6.45) is 0. The molecule has 304 valence electrons. The summed E-state index contributed by atoms with van der Waals surface area (Å²) in [7, 11) is 0. The van der Waals surface area contributed by atoms with Gasteiger partial charge in [-0.25, -0.2) is 0 Å². The summed E-state index contributed by atoms with van der Waals surface area (Å²) in [5, 5.41) is 37.7. The Labute approximate surface area is 381 Å². The molecule has 0 bridgehead atoms. The summed E-state index contributed by atoms with van der Waals surface area (Å²) in [6, 6.07) is 64.2. The first-order chi connectivity index (χ1) is 32.3. The van der Waals surface area contributed by atoms with Gasteiger partial charge in [0, 0.05) is 0 Å². The molecule has 0 heterocycles. The second-order valence-corrected chi connectivity index (χ2v) is 18.7. The topological polar surface area (TPSA) is 47.6 Å². The van der Waals surface area contributed by atoms with Gasteiger partial charge in [-0.2, -0.15) is 10.5 Å². The summed E-state index contributed by atoms with van der Waals surface area (Å²) >= 11 is 0. The van der Waals surface area contributed by atoms with Gasteiger partial charge < -0.3 is 0 Å². The molecular formula is C64H38N2. The molecule has 0 saturated carbocycles. The number of benzene rings is 12. The van der Waals surface area contributed by atoms with Crippen molar-refractivity contribution in [1.29, 1.82) is 10.5 Å². The van der Waals surface area contributed by atoms with Crippen LogP contribution in [0.1, 0.15) is 33.4 Å². The van der Waals surface area contributed by atoms with Crippen molar-refractivity contribution in [2.45, 2.75) is 27.7 Å². The van der Waals surface area contributed by atoms with E-state index in [9.17, 15) is 10.5 Å². The fraction of sp³-hybridized carbons (Fsp3) is 0.0625. The summed E-state index contributed by atoms with van der Waals surface area (Å²) in [6.45, 7) is 8.27. The van der Waals surface area contributed by atoms with E-state index in [1.54, 1.807) is 0 Å². The average Bonchev–Trinajstić information content (AvgIpc) is 3.82. The normalized spacial score (nSPS) is 12.2. The molecule has 2 aliphatic carbocycles. The van der Waals surface area contributed by atoms with Crippen LogP contribution in [0.5, 0.6) is 0 Å². The van der Waals surface area contributed by atoms with Crippen LogP contribution in [0.15, 0.2) is 158 Å². The molecule has 0 aromatic heterocycles. The third-order valence-electron chi connectivity index (χ3n) is 15.2. The van der Waals surface area contributed by atoms with Gasteiger partial charge in [0.05, 0.1) is 23.3 Å². The lowest BCUT2D eigenvalue weighted by molar-refractivity contribution is 1.32. The number of nitrogens with zero attached hydrogens (tertiary/aromatic N) is 2. The SMILES string of the molecule is Cc1cc(-c2c3c(cc4c2ccc2c5cc6c(c(-c7cc(C)c(C#N)c(C)c7)c5ccc42)-c2cc4ccccc4c4cccc-6c24)-c2cc4ccccc4c4cccc-3c24)cc(C)c1C#N. The van der Waals surface area contributed by atoms with Gasteiger partial charge >= 0.3 is 0 Å². The van der Waals surface area contributed by atoms with E-state index in [4.69, 9.17) is 0 Å². The fourth-order valence-electron chi connectivity index (χ4n) is 12.5. The zero-order valence-corrected chi connectivity index (χ0v) is 36.9. The van der Waals surface area contributed by atoms with Gasteiger partial charge in [-0.3, -0.25) is 0 Å². The van der Waals surface area contributed by atoms with Crippen molar-refractivity contribution in [2.75, 3.05) is 0 Å². The highest BCUT2D eigenvalue weighted by Gasteiger charge is 2.31. The molecule has 14 rings (SSSR count). The van der Waals surface area contributed by atoms with Crippen molar-refractivity contribution in [2.24, 2.45) is 0 Å². The van der Waals surface area contributed by atoms with E-state index in [-0.39, 0.29) is 0 Å². The van der Waals surface area contributed by atoms with E-state index in [0.717, 1.165) is 44.5 Å². The van der Waals surface area contributed by atoms with Crippen LogP contribution < -0.4 is 0 Å². The van der Waals surface area contributed by atoms with Crippen LogP contribution in [-0.2, 0) is 0 Å². The van der Waals surface area contributed by atoms with Crippen LogP contribution >= 0.6 is 0 Å². The second-order valence-electron chi connectivity index (χ2n) is 18.7. The van der Waals surface area contributed by atoms with Crippen molar-refractivity contribution in [1.82, 2.24) is 0 Å². The maximum atomic E-state index is 10.2. The lowest BCUT2D eigenvalue weighted by Crippen LogP contribution is -1.95. The molecule has 66 heavy (non-hydrogen) atoms. The lowest BCUT2D eigenvalue weighted by atomic mass is 9.82. The molecule has 0 fully saturated rings. The molecule has 12 aromatic carbocycles. The predicted octanol–water partition coefficient (Wildman–Crippen LogP) is 17.4. The Morgan fingerprint density at radius 2 is 0.697 bits per heavy atom. The minimum atomic E-state index is 0.741. The maximum absolute atomic E-state index is 10.2. The highest BCUT2D eigenvalue weighted by molar-refractivity contribution is 6.33. The van der Waals surface area contributed by atoms with Gasteiger partial charge in [-0.05, 0) is 216 Å². The van der Waals surface area contributed by atoms with E-state index in [0.29, 0.717) is 0 Å². The summed E-state index contributed by atoms with van der Waals surface area (Å²) in [5.74, 6) is 0. The molecule has 0 saturated heterocycles. The molecule has 0 atom stereocenters. The van der Waals surface area contributed by atoms with Crippen LogP contribution in [0.3, 0.4) is 0 Å². The second kappa shape index (κ2) is 13.0. The zero-order valence-electron chi connectivity index (χ0n) is 36.9. The van der Waals surface area contributed by atoms with Crippen LogP contribution in [0.25, 0.3) is 142 Å². The summed E-state index contributed by atoms with van der Waals surface area (Å²) in [4.78, 5) is 0. The largest absolute Gasteiger partial charge is 0.192 e. The number of hydrogen-bond acceptors (Lipinski definition) is 2. The average molecular weight is 835 g/mol. The molecule has 12 aromatic rings. The highest BCUT2D eigenvalue weighted by atomic mass is 14.3. The van der Waals surface area contributed by atoms with E-state index >= 15 is 0 Å². The van der Waals surface area contributed by atoms with Gasteiger partial charge in [-0.1, -0.05) is 133 Å². The monoisotopic (exact) mass is 834 g/mol. The Morgan fingerprint density at radius 1 is 0.288 bits per heavy atom. The van der Waals surface area contributed by atoms with Crippen LogP contribution in [0.2, 0.25) is 0 Å². The Morgan fingerprint density at radius 3 is 1.21 bits per heavy atom. The molecule has 2 heteroatoms. The smallest absolute Gasteiger partial charge is 0.0997 e. The molecule has 0 N–H and O–H groups in total. The third-order valence-corrected chi connectivity index (χ3v) is 15.2. The fourth-order valence-corrected chi connectivity index (χ4v) is 12.5. The minimum absolute atomic E-state index is 0.741. The van der Waals surface area contributed by atoms with Gasteiger partial charge in [0.1, 0.15) is 0 Å². The number of fused-ring (bicyclic) bond motifs is 15. The molecule has 0 aliphatic heterocycles. The Hall–Kier alpha value is -8.56. The van der Waals surface area contributed by atoms with Crippen LogP contribution in [0, 0.1) is 50.4 Å². The highest BCUT2D eigenvalue weighted by Crippen LogP contribution is 2.58. The molecular weight excluding hydrogens is 797 g/mol. The lowest BCUT2D eigenvalue weighted by Gasteiger charge is -2.20. The van der Waals surface area contributed by atoms with Crippen molar-refractivity contribution >= 4 is 75.4 Å². The minimum Gasteiger partial charge on any atom is -0.192 e. The van der Waals surface area contributed by atoms with Crippen molar-refractivity contribution in [3.63, 3.8) is 0 Å². The van der Waals surface area contributed by atoms with Crippen molar-refractivity contribution < 1.29 is 0 Å². The third kappa shape index (κ3) is 4.68. The van der Waals surface area contributed by atoms with E-state index in [1.165, 1.54) is 131 Å². The number of hydrogen-bond donors (Lipinski definition) is 0. The predicted molar refractivity (Wildman–Crippen MR) is 277 cm³/mol. The Kier molecular flexibility index (Phi) is 7.27. The van der Waals surface area contributed by atoms with Crippen LogP contribution in [-0.4, -0.2) is 0 Å². The quantitative estimate of drug-likeness (QED) is 0.163. The van der Waals surface area contributed by atoms with E-state index in [1.807, 2.05) is 0 Å². The molecule has 0 radical (unpaired) electrons. The molecule has 2 aliphatic rings. The molecule has 0 amide bonds. The maximum Gasteiger partial charge on any atom is 0.0997 e. The first kappa shape index (κ1) is 36.9. The van der Waals surface area contributed by atoms with Gasteiger partial charge in [0.25, 0.3) is 0 Å².